The van der Waals surface area contributed by atoms with Crippen LogP contribution in [0.2, 0.25) is 0 Å². The largest absolute Gasteiger partial charge is 0.353 e. The maximum Gasteiger partial charge on any atom is 0.241 e. The van der Waals surface area contributed by atoms with Crippen LogP contribution >= 0.6 is 0 Å². The summed E-state index contributed by atoms with van der Waals surface area (Å²) in [5.41, 5.74) is 0.719. The van der Waals surface area contributed by atoms with Crippen molar-refractivity contribution in [2.45, 2.75) is 38.3 Å². The normalized spacial score (nSPS) is 21.2. The lowest BCUT2D eigenvalue weighted by Crippen LogP contribution is -2.43. The lowest BCUT2D eigenvalue weighted by Gasteiger charge is -2.30. The summed E-state index contributed by atoms with van der Waals surface area (Å²) in [6.45, 7) is 2.16. The second-order valence-electron chi connectivity index (χ2n) is 6.88. The number of rotatable bonds is 5. The van der Waals surface area contributed by atoms with Gasteiger partial charge in [0.15, 0.2) is 0 Å². The summed E-state index contributed by atoms with van der Waals surface area (Å²) in [6.07, 6.45) is 4.13. The Labute approximate surface area is 145 Å². The molecule has 6 nitrogen and oxygen atoms in total. The number of carbonyl (C=O) groups excluding carboxylic acids is 1. The Morgan fingerprint density at radius 1 is 1.28 bits per heavy atom. The zero-order valence-electron chi connectivity index (χ0n) is 13.9. The van der Waals surface area contributed by atoms with Crippen molar-refractivity contribution in [3.8, 4) is 11.4 Å². The Bertz CT molecular complexity index is 742. The molecule has 0 radical (unpaired) electrons. The molecule has 1 saturated heterocycles. The number of likely N-dealkylation sites (tertiary alicyclic amines) is 1. The molecule has 1 saturated carbocycles. The molecule has 1 aromatic carbocycles. The molecule has 1 atom stereocenters. The third-order valence-electron chi connectivity index (χ3n) is 4.73. The molecule has 1 aliphatic carbocycles. The van der Waals surface area contributed by atoms with Crippen molar-refractivity contribution in [2.75, 3.05) is 13.1 Å². The fraction of sp³-hybridized carbons (Fsp3) is 0.500. The van der Waals surface area contributed by atoms with Crippen LogP contribution in [0.3, 0.4) is 0 Å². The molecule has 25 heavy (non-hydrogen) atoms. The minimum absolute atomic E-state index is 0.0360. The lowest BCUT2D eigenvalue weighted by molar-refractivity contribution is -0.127. The van der Waals surface area contributed by atoms with E-state index in [1.807, 2.05) is 0 Å². The van der Waals surface area contributed by atoms with Crippen molar-refractivity contribution in [3.63, 3.8) is 0 Å². The van der Waals surface area contributed by atoms with E-state index in [9.17, 15) is 9.18 Å². The second-order valence-corrected chi connectivity index (χ2v) is 6.88. The number of hydrogen-bond acceptors (Lipinski definition) is 5. The molecular formula is C18H21FN4O2. The van der Waals surface area contributed by atoms with Gasteiger partial charge in [-0.15, -0.1) is 0 Å². The van der Waals surface area contributed by atoms with Crippen molar-refractivity contribution in [2.24, 2.45) is 5.92 Å². The van der Waals surface area contributed by atoms with Gasteiger partial charge in [-0.25, -0.2) is 4.39 Å². The van der Waals surface area contributed by atoms with E-state index in [2.05, 4.69) is 20.4 Å². The van der Waals surface area contributed by atoms with Crippen molar-refractivity contribution in [1.29, 1.82) is 0 Å². The van der Waals surface area contributed by atoms with Gasteiger partial charge in [0, 0.05) is 18.2 Å². The molecular weight excluding hydrogens is 323 g/mol. The van der Waals surface area contributed by atoms with Gasteiger partial charge in [-0.1, -0.05) is 5.16 Å². The average Bonchev–Trinajstić information content (AvgIpc) is 3.32. The Balaban J connectivity index is 1.36. The van der Waals surface area contributed by atoms with E-state index < -0.39 is 0 Å². The number of halogens is 1. The predicted molar refractivity (Wildman–Crippen MR) is 88.9 cm³/mol. The summed E-state index contributed by atoms with van der Waals surface area (Å²) in [5, 5.41) is 7.06. The number of aromatic nitrogens is 2. The molecule has 2 aliphatic rings. The molecule has 0 bridgehead atoms. The van der Waals surface area contributed by atoms with Gasteiger partial charge in [-0.05, 0) is 56.5 Å². The van der Waals surface area contributed by atoms with Crippen LogP contribution in [0, 0.1) is 11.7 Å². The fourth-order valence-corrected chi connectivity index (χ4v) is 3.19. The van der Waals surface area contributed by atoms with Crippen LogP contribution in [-0.4, -0.2) is 40.1 Å². The fourth-order valence-electron chi connectivity index (χ4n) is 3.19. The van der Waals surface area contributed by atoms with Gasteiger partial charge in [-0.2, -0.15) is 4.98 Å². The second kappa shape index (κ2) is 6.92. The first-order valence-electron chi connectivity index (χ1n) is 8.78. The molecule has 1 amide bonds. The van der Waals surface area contributed by atoms with Gasteiger partial charge >= 0.3 is 0 Å². The average molecular weight is 344 g/mol. The first kappa shape index (κ1) is 16.2. The van der Waals surface area contributed by atoms with Crippen LogP contribution in [-0.2, 0) is 11.3 Å². The van der Waals surface area contributed by atoms with E-state index in [0.29, 0.717) is 30.8 Å². The Hall–Kier alpha value is -2.28. The van der Waals surface area contributed by atoms with Gasteiger partial charge in [0.05, 0.1) is 12.5 Å². The number of amides is 1. The SMILES string of the molecule is O=C(NC1CC1)C1CCCN(Cc2nc(-c3ccc(F)cc3)no2)C1. The summed E-state index contributed by atoms with van der Waals surface area (Å²) >= 11 is 0. The monoisotopic (exact) mass is 344 g/mol. The summed E-state index contributed by atoms with van der Waals surface area (Å²) in [7, 11) is 0. The van der Waals surface area contributed by atoms with Crippen LogP contribution in [0.15, 0.2) is 28.8 Å². The van der Waals surface area contributed by atoms with E-state index >= 15 is 0 Å². The molecule has 0 spiro atoms. The van der Waals surface area contributed by atoms with E-state index in [1.54, 1.807) is 12.1 Å². The van der Waals surface area contributed by atoms with Crippen LogP contribution in [0.1, 0.15) is 31.6 Å². The lowest BCUT2D eigenvalue weighted by atomic mass is 9.97. The van der Waals surface area contributed by atoms with Gasteiger partial charge in [-0.3, -0.25) is 9.69 Å². The number of piperidine rings is 1. The molecule has 7 heteroatoms. The minimum atomic E-state index is -0.295. The van der Waals surface area contributed by atoms with E-state index in [4.69, 9.17) is 4.52 Å². The highest BCUT2D eigenvalue weighted by molar-refractivity contribution is 5.79. The van der Waals surface area contributed by atoms with Crippen molar-refractivity contribution < 1.29 is 13.7 Å². The number of nitrogens with one attached hydrogen (secondary N) is 1. The van der Waals surface area contributed by atoms with Crippen molar-refractivity contribution in [3.05, 3.63) is 36.0 Å². The van der Waals surface area contributed by atoms with Crippen LogP contribution < -0.4 is 5.32 Å². The highest BCUT2D eigenvalue weighted by Crippen LogP contribution is 2.23. The molecule has 1 aromatic heterocycles. The summed E-state index contributed by atoms with van der Waals surface area (Å²) < 4.78 is 18.3. The molecule has 1 aliphatic heterocycles. The van der Waals surface area contributed by atoms with Crippen LogP contribution in [0.5, 0.6) is 0 Å². The summed E-state index contributed by atoms with van der Waals surface area (Å²) in [6, 6.07) is 6.40. The van der Waals surface area contributed by atoms with Gasteiger partial charge in [0.2, 0.25) is 17.6 Å². The number of carbonyl (C=O) groups is 1. The number of hydrogen-bond donors (Lipinski definition) is 1. The third kappa shape index (κ3) is 4.04. The van der Waals surface area contributed by atoms with E-state index in [0.717, 1.165) is 37.8 Å². The zero-order valence-corrected chi connectivity index (χ0v) is 13.9. The predicted octanol–water partition coefficient (Wildman–Crippen LogP) is 2.37. The third-order valence-corrected chi connectivity index (χ3v) is 4.73. The number of nitrogens with zero attached hydrogens (tertiary/aromatic N) is 3. The van der Waals surface area contributed by atoms with E-state index in [-0.39, 0.29) is 17.6 Å². The van der Waals surface area contributed by atoms with Gasteiger partial charge in [0.1, 0.15) is 5.82 Å². The molecule has 132 valence electrons. The maximum absolute atomic E-state index is 13.0. The Kier molecular flexibility index (Phi) is 4.48. The molecule has 2 fully saturated rings. The van der Waals surface area contributed by atoms with Crippen LogP contribution in [0.25, 0.3) is 11.4 Å². The maximum atomic E-state index is 13.0. The molecule has 2 heterocycles. The van der Waals surface area contributed by atoms with Gasteiger partial charge < -0.3 is 9.84 Å². The van der Waals surface area contributed by atoms with Crippen molar-refractivity contribution >= 4 is 5.91 Å². The van der Waals surface area contributed by atoms with Crippen molar-refractivity contribution in [1.82, 2.24) is 20.4 Å². The molecule has 1 unspecified atom stereocenters. The minimum Gasteiger partial charge on any atom is -0.353 e. The standard InChI is InChI=1S/C18H21FN4O2/c19-14-5-3-12(4-6-14)17-21-16(25-22-17)11-23-9-1-2-13(10-23)18(24)20-15-7-8-15/h3-6,13,15H,1-2,7-11H2,(H,20,24). The molecule has 4 rings (SSSR count). The molecule has 1 N–H and O–H groups in total. The highest BCUT2D eigenvalue weighted by Gasteiger charge is 2.30. The number of benzene rings is 1. The first-order valence-corrected chi connectivity index (χ1v) is 8.78. The Morgan fingerprint density at radius 3 is 2.84 bits per heavy atom. The topological polar surface area (TPSA) is 71.3 Å². The highest BCUT2D eigenvalue weighted by atomic mass is 19.1. The Morgan fingerprint density at radius 2 is 2.08 bits per heavy atom. The quantitative estimate of drug-likeness (QED) is 0.902. The first-order chi connectivity index (χ1) is 12.2. The summed E-state index contributed by atoms with van der Waals surface area (Å²) in [4.78, 5) is 18.8. The van der Waals surface area contributed by atoms with E-state index in [1.165, 1.54) is 12.1 Å². The summed E-state index contributed by atoms with van der Waals surface area (Å²) in [5.74, 6) is 0.882. The van der Waals surface area contributed by atoms with Gasteiger partial charge in [0.25, 0.3) is 0 Å². The molecule has 2 aromatic rings. The van der Waals surface area contributed by atoms with Crippen LogP contribution in [0.4, 0.5) is 4.39 Å². The smallest absolute Gasteiger partial charge is 0.241 e. The zero-order chi connectivity index (χ0) is 17.2.